The molecule has 0 fully saturated rings. The Balaban J connectivity index is 1.51. The molecule has 3 aromatic heterocycles. The molecular weight excluding hydrogens is 613 g/mol. The first-order valence-corrected chi connectivity index (χ1v) is 16.8. The first kappa shape index (κ1) is 29.6. The minimum absolute atomic E-state index is 0.155. The van der Waals surface area contributed by atoms with Crippen molar-refractivity contribution in [3.8, 4) is 44.5 Å². The number of aromatic nitrogens is 4. The fourth-order valence-corrected chi connectivity index (χ4v) is 7.10. The molecule has 5 nitrogen and oxygen atoms in total. The molecule has 4 aromatic carbocycles. The van der Waals surface area contributed by atoms with E-state index in [0.29, 0.717) is 0 Å². The highest BCUT2D eigenvalue weighted by Crippen LogP contribution is 2.40. The number of benzene rings is 4. The van der Waals surface area contributed by atoms with Crippen molar-refractivity contribution in [2.24, 2.45) is 0 Å². The smallest absolute Gasteiger partial charge is 0.0792 e. The van der Waals surface area contributed by atoms with Crippen LogP contribution in [0.15, 0.2) is 146 Å². The van der Waals surface area contributed by atoms with Crippen LogP contribution in [0, 0.1) is 0 Å². The van der Waals surface area contributed by atoms with Crippen molar-refractivity contribution in [3.05, 3.63) is 168 Å². The van der Waals surface area contributed by atoms with Crippen LogP contribution in [0.25, 0.3) is 90.4 Å². The quantitative estimate of drug-likeness (QED) is 0.174. The molecule has 50 heavy (non-hydrogen) atoms. The predicted molar refractivity (Wildman–Crippen MR) is 207 cm³/mol. The van der Waals surface area contributed by atoms with Crippen LogP contribution >= 0.6 is 0 Å². The molecule has 8 bridgehead atoms. The van der Waals surface area contributed by atoms with Gasteiger partial charge in [-0.3, -0.25) is 0 Å². The van der Waals surface area contributed by atoms with E-state index in [4.69, 9.17) is 9.97 Å². The summed E-state index contributed by atoms with van der Waals surface area (Å²) in [6.07, 6.45) is 6.25. The lowest BCUT2D eigenvalue weighted by molar-refractivity contribution is 0.350. The summed E-state index contributed by atoms with van der Waals surface area (Å²) in [6, 6.07) is 49.9. The van der Waals surface area contributed by atoms with Gasteiger partial charge in [-0.1, -0.05) is 121 Å². The molecule has 238 valence electrons. The second-order valence-corrected chi connectivity index (χ2v) is 12.4. The molecule has 0 radical (unpaired) electrons. The number of hydrogen-bond acceptors (Lipinski definition) is 3. The lowest BCUT2D eigenvalue weighted by atomic mass is 10.00. The maximum atomic E-state index is 10.8. The highest BCUT2D eigenvalue weighted by Gasteiger charge is 2.22. The monoisotopic (exact) mass is 644 g/mol. The van der Waals surface area contributed by atoms with E-state index in [1.54, 1.807) is 0 Å². The summed E-state index contributed by atoms with van der Waals surface area (Å²) in [5.41, 5.74) is 15.8. The van der Waals surface area contributed by atoms with Crippen molar-refractivity contribution >= 4 is 45.9 Å². The fraction of sp³-hybridized carbons (Fsp3) is 0.0222. The first-order valence-electron chi connectivity index (χ1n) is 16.8. The number of hydrogen-bond donors (Lipinski definition) is 3. The third kappa shape index (κ3) is 5.17. The molecule has 2 aliphatic rings. The summed E-state index contributed by atoms with van der Waals surface area (Å²) in [6.45, 7) is -0.155. The Labute approximate surface area is 289 Å². The molecule has 0 saturated heterocycles. The van der Waals surface area contributed by atoms with Gasteiger partial charge >= 0.3 is 0 Å². The van der Waals surface area contributed by atoms with Crippen LogP contribution in [0.4, 0.5) is 0 Å². The number of aliphatic hydroxyl groups excluding tert-OH is 1. The van der Waals surface area contributed by atoms with Crippen molar-refractivity contribution in [2.75, 3.05) is 6.61 Å². The summed E-state index contributed by atoms with van der Waals surface area (Å²) < 4.78 is 0. The van der Waals surface area contributed by atoms with Crippen molar-refractivity contribution in [2.45, 2.75) is 0 Å². The lowest BCUT2D eigenvalue weighted by Crippen LogP contribution is -1.93. The second kappa shape index (κ2) is 12.5. The fourth-order valence-electron chi connectivity index (χ4n) is 7.10. The zero-order valence-corrected chi connectivity index (χ0v) is 27.1. The van der Waals surface area contributed by atoms with E-state index >= 15 is 0 Å². The third-order valence-corrected chi connectivity index (χ3v) is 9.36. The number of H-pyrrole nitrogens is 2. The molecule has 9 rings (SSSR count). The minimum Gasteiger partial charge on any atom is -0.392 e. The highest BCUT2D eigenvalue weighted by molar-refractivity contribution is 6.02. The van der Waals surface area contributed by atoms with Gasteiger partial charge < -0.3 is 15.1 Å². The van der Waals surface area contributed by atoms with Gasteiger partial charge in [0.25, 0.3) is 0 Å². The Morgan fingerprint density at radius 2 is 0.760 bits per heavy atom. The van der Waals surface area contributed by atoms with Gasteiger partial charge in [-0.15, -0.1) is 0 Å². The summed E-state index contributed by atoms with van der Waals surface area (Å²) in [5, 5.41) is 10.8. The summed E-state index contributed by atoms with van der Waals surface area (Å²) in [5.74, 6) is 0. The Hall–Kier alpha value is -6.56. The first-order chi connectivity index (χ1) is 24.7. The van der Waals surface area contributed by atoms with Gasteiger partial charge in [-0.05, 0) is 64.7 Å². The molecule has 0 spiro atoms. The molecule has 3 N–H and O–H groups in total. The number of nitrogens with one attached hydrogen (secondary N) is 2. The van der Waals surface area contributed by atoms with Gasteiger partial charge in [0.15, 0.2) is 0 Å². The lowest BCUT2D eigenvalue weighted by Gasteiger charge is -2.08. The molecule has 0 amide bonds. The molecular formula is C45H32N4O. The summed E-state index contributed by atoms with van der Waals surface area (Å²) >= 11 is 0. The number of nitrogens with zero attached hydrogens (tertiary/aromatic N) is 2. The van der Waals surface area contributed by atoms with Crippen molar-refractivity contribution in [1.82, 2.24) is 19.9 Å². The number of rotatable bonds is 5. The van der Waals surface area contributed by atoms with Gasteiger partial charge in [0, 0.05) is 49.9 Å². The molecule has 0 atom stereocenters. The van der Waals surface area contributed by atoms with E-state index in [1.165, 1.54) is 0 Å². The van der Waals surface area contributed by atoms with Crippen LogP contribution in [0.3, 0.4) is 0 Å². The van der Waals surface area contributed by atoms with Crippen LogP contribution in [-0.2, 0) is 0 Å². The van der Waals surface area contributed by atoms with Gasteiger partial charge in [-0.2, -0.15) is 0 Å². The SMILES string of the molecule is OCC1=Cc2nc1c(-c1ccccc1)c1ccc([nH]1)c(-c1ccccc1)c1nc(c(-c3ccccc3)c3ccc([nH]3)c2-c2ccccc2)C=C1. The maximum absolute atomic E-state index is 10.8. The molecule has 5 heterocycles. The standard InChI is InChI=1S/C45H32N4O/c50-28-33-27-40-43(31-17-9-3-10-18-31)38-24-23-36(47-38)41(29-13-5-1-6-14-29)34-21-22-35(46-34)42(30-15-7-2-8-16-30)37-25-26-39(48-37)44(45(33)49-40)32-19-11-4-12-20-32/h1-27,47-48,50H,28H2. The molecule has 0 saturated carbocycles. The van der Waals surface area contributed by atoms with Crippen molar-refractivity contribution in [3.63, 3.8) is 0 Å². The van der Waals surface area contributed by atoms with Crippen molar-refractivity contribution < 1.29 is 5.11 Å². The highest BCUT2D eigenvalue weighted by atomic mass is 16.3. The molecule has 0 unspecified atom stereocenters. The number of aromatic amines is 2. The Morgan fingerprint density at radius 3 is 1.16 bits per heavy atom. The number of aliphatic hydroxyl groups is 1. The zero-order chi connectivity index (χ0) is 33.4. The van der Waals surface area contributed by atoms with E-state index in [9.17, 15) is 5.11 Å². The topological polar surface area (TPSA) is 77.6 Å². The van der Waals surface area contributed by atoms with E-state index in [0.717, 1.165) is 94.9 Å². The van der Waals surface area contributed by atoms with Crippen LogP contribution in [0.5, 0.6) is 0 Å². The van der Waals surface area contributed by atoms with Gasteiger partial charge in [0.1, 0.15) is 0 Å². The average Bonchev–Trinajstić information content (AvgIpc) is 4.00. The van der Waals surface area contributed by atoms with E-state index in [1.807, 2.05) is 54.6 Å². The summed E-state index contributed by atoms with van der Waals surface area (Å²) in [4.78, 5) is 18.3. The largest absolute Gasteiger partial charge is 0.392 e. The zero-order valence-electron chi connectivity index (χ0n) is 27.1. The van der Waals surface area contributed by atoms with Crippen LogP contribution in [-0.4, -0.2) is 31.6 Å². The van der Waals surface area contributed by atoms with Gasteiger partial charge in [-0.25, -0.2) is 9.97 Å². The Kier molecular flexibility index (Phi) is 7.38. The van der Waals surface area contributed by atoms with E-state index in [-0.39, 0.29) is 6.61 Å². The van der Waals surface area contributed by atoms with Crippen LogP contribution < -0.4 is 0 Å². The molecule has 5 heteroatoms. The normalized spacial score (nSPS) is 12.2. The van der Waals surface area contributed by atoms with Crippen LogP contribution in [0.2, 0.25) is 0 Å². The molecule has 7 aromatic rings. The third-order valence-electron chi connectivity index (χ3n) is 9.36. The second-order valence-electron chi connectivity index (χ2n) is 12.4. The molecule has 2 aliphatic heterocycles. The maximum Gasteiger partial charge on any atom is 0.0792 e. The van der Waals surface area contributed by atoms with Gasteiger partial charge in [0.05, 0.1) is 29.4 Å². The van der Waals surface area contributed by atoms with E-state index in [2.05, 4.69) is 119 Å². The average molecular weight is 645 g/mol. The Bertz CT molecular complexity index is 2600. The minimum atomic E-state index is -0.155. The Morgan fingerprint density at radius 1 is 0.400 bits per heavy atom. The van der Waals surface area contributed by atoms with Crippen molar-refractivity contribution in [1.29, 1.82) is 0 Å². The number of fused-ring (bicyclic) bond motifs is 8. The van der Waals surface area contributed by atoms with Gasteiger partial charge in [0.2, 0.25) is 0 Å². The molecule has 0 aliphatic carbocycles. The van der Waals surface area contributed by atoms with Crippen LogP contribution in [0.1, 0.15) is 22.8 Å². The van der Waals surface area contributed by atoms with E-state index < -0.39 is 0 Å². The summed E-state index contributed by atoms with van der Waals surface area (Å²) in [7, 11) is 0. The predicted octanol–water partition coefficient (Wildman–Crippen LogP) is 10.7.